The fourth-order valence-corrected chi connectivity index (χ4v) is 3.88. The van der Waals surface area contributed by atoms with Crippen molar-refractivity contribution in [2.24, 2.45) is 0 Å². The molecule has 0 fully saturated rings. The van der Waals surface area contributed by atoms with Gasteiger partial charge in [0.1, 0.15) is 0 Å². The Labute approximate surface area is 204 Å². The molecule has 0 amide bonds. The van der Waals surface area contributed by atoms with E-state index in [1.165, 1.54) is 7.11 Å². The molecule has 0 aliphatic carbocycles. The molecule has 0 aromatic heterocycles. The molecular formula is C21H14BrCl2F3N2O4. The van der Waals surface area contributed by atoms with Crippen LogP contribution in [-0.2, 0) is 12.7 Å². The van der Waals surface area contributed by atoms with Gasteiger partial charge in [0.25, 0.3) is 0 Å². The van der Waals surface area contributed by atoms with Crippen molar-refractivity contribution in [3.05, 3.63) is 84.3 Å². The van der Waals surface area contributed by atoms with E-state index >= 15 is 0 Å². The zero-order valence-corrected chi connectivity index (χ0v) is 19.8. The van der Waals surface area contributed by atoms with Crippen molar-refractivity contribution in [2.75, 3.05) is 12.4 Å². The monoisotopic (exact) mass is 564 g/mol. The second-order valence-corrected chi connectivity index (χ2v) is 8.32. The fourth-order valence-electron chi connectivity index (χ4n) is 2.84. The molecule has 0 spiro atoms. The molecule has 0 saturated heterocycles. The van der Waals surface area contributed by atoms with E-state index < -0.39 is 22.4 Å². The summed E-state index contributed by atoms with van der Waals surface area (Å²) in [5.41, 5.74) is -0.604. The number of benzene rings is 3. The molecule has 3 aromatic rings. The number of anilines is 1. The Bertz CT molecular complexity index is 1210. The molecule has 1 N–H and O–H groups in total. The summed E-state index contributed by atoms with van der Waals surface area (Å²) in [7, 11) is 1.36. The van der Waals surface area contributed by atoms with E-state index in [0.29, 0.717) is 38.9 Å². The normalized spacial score (nSPS) is 11.2. The van der Waals surface area contributed by atoms with Crippen molar-refractivity contribution < 1.29 is 27.6 Å². The summed E-state index contributed by atoms with van der Waals surface area (Å²) < 4.78 is 50.1. The molecular weight excluding hydrogens is 552 g/mol. The number of halogens is 6. The van der Waals surface area contributed by atoms with Crippen LogP contribution in [0.3, 0.4) is 0 Å². The van der Waals surface area contributed by atoms with Crippen molar-refractivity contribution >= 4 is 50.5 Å². The van der Waals surface area contributed by atoms with Gasteiger partial charge in [-0.3, -0.25) is 10.1 Å². The predicted molar refractivity (Wildman–Crippen MR) is 123 cm³/mol. The van der Waals surface area contributed by atoms with Crippen molar-refractivity contribution in [3.8, 4) is 17.2 Å². The van der Waals surface area contributed by atoms with Gasteiger partial charge in [0.05, 0.1) is 32.8 Å². The SMILES string of the molecule is COc1cc(CNc2ccc(Cl)cc2Cl)cc(Br)c1Oc1ccc(C(F)(F)F)cc1[N+](=O)[O-]. The van der Waals surface area contributed by atoms with Crippen LogP contribution in [0.5, 0.6) is 17.2 Å². The second-order valence-electron chi connectivity index (χ2n) is 6.63. The third kappa shape index (κ3) is 6.01. The quantitative estimate of drug-likeness (QED) is 0.231. The molecule has 12 heteroatoms. The van der Waals surface area contributed by atoms with Gasteiger partial charge in [-0.15, -0.1) is 0 Å². The third-order valence-corrected chi connectivity index (χ3v) is 5.54. The first-order valence-electron chi connectivity index (χ1n) is 9.08. The fraction of sp³-hybridized carbons (Fsp3) is 0.143. The summed E-state index contributed by atoms with van der Waals surface area (Å²) in [5.74, 6) is -0.1000. The lowest BCUT2D eigenvalue weighted by Gasteiger charge is -2.16. The van der Waals surface area contributed by atoms with Gasteiger partial charge in [0.15, 0.2) is 11.5 Å². The van der Waals surface area contributed by atoms with Crippen LogP contribution in [0, 0.1) is 10.1 Å². The van der Waals surface area contributed by atoms with Gasteiger partial charge < -0.3 is 14.8 Å². The molecule has 0 radical (unpaired) electrons. The zero-order chi connectivity index (χ0) is 24.3. The largest absolute Gasteiger partial charge is 0.493 e. The molecule has 0 bridgehead atoms. The summed E-state index contributed by atoms with van der Waals surface area (Å²) in [6.45, 7) is 0.330. The molecule has 33 heavy (non-hydrogen) atoms. The Morgan fingerprint density at radius 1 is 1.09 bits per heavy atom. The van der Waals surface area contributed by atoms with E-state index in [2.05, 4.69) is 21.2 Å². The highest BCUT2D eigenvalue weighted by Crippen LogP contribution is 2.43. The van der Waals surface area contributed by atoms with E-state index in [1.54, 1.807) is 30.3 Å². The highest BCUT2D eigenvalue weighted by atomic mass is 79.9. The van der Waals surface area contributed by atoms with E-state index in [0.717, 1.165) is 11.6 Å². The molecule has 174 valence electrons. The van der Waals surface area contributed by atoms with E-state index in [9.17, 15) is 23.3 Å². The topological polar surface area (TPSA) is 73.6 Å². The van der Waals surface area contributed by atoms with Crippen molar-refractivity contribution in [2.45, 2.75) is 12.7 Å². The van der Waals surface area contributed by atoms with Gasteiger partial charge in [-0.25, -0.2) is 0 Å². The van der Waals surface area contributed by atoms with E-state index in [1.807, 2.05) is 0 Å². The molecule has 3 aromatic carbocycles. The number of nitro groups is 1. The van der Waals surface area contributed by atoms with Gasteiger partial charge in [0, 0.05) is 17.6 Å². The number of nitrogens with one attached hydrogen (secondary N) is 1. The average molecular weight is 566 g/mol. The number of methoxy groups -OCH3 is 1. The van der Waals surface area contributed by atoms with Crippen LogP contribution in [0.4, 0.5) is 24.5 Å². The van der Waals surface area contributed by atoms with Crippen LogP contribution < -0.4 is 14.8 Å². The lowest BCUT2D eigenvalue weighted by atomic mass is 10.1. The first kappa shape index (κ1) is 24.9. The standard InChI is InChI=1S/C21H14BrCl2F3N2O4/c1-32-19-7-11(10-28-16-4-3-13(23)9-15(16)24)6-14(22)20(19)33-18-5-2-12(21(25,26)27)8-17(18)29(30)31/h2-9,28H,10H2,1H3. The Kier molecular flexibility index (Phi) is 7.61. The molecule has 6 nitrogen and oxygen atoms in total. The van der Waals surface area contributed by atoms with Crippen LogP contribution in [-0.4, -0.2) is 12.0 Å². The third-order valence-electron chi connectivity index (χ3n) is 4.40. The Morgan fingerprint density at radius 3 is 2.42 bits per heavy atom. The number of nitrogens with zero attached hydrogens (tertiary/aromatic N) is 1. The minimum atomic E-state index is -4.73. The molecule has 0 aliphatic heterocycles. The summed E-state index contributed by atoms with van der Waals surface area (Å²) in [5, 5.41) is 15.4. The van der Waals surface area contributed by atoms with Gasteiger partial charge in [-0.1, -0.05) is 23.2 Å². The van der Waals surface area contributed by atoms with Crippen LogP contribution >= 0.6 is 39.1 Å². The highest BCUT2D eigenvalue weighted by molar-refractivity contribution is 9.10. The minimum absolute atomic E-state index is 0.0636. The van der Waals surface area contributed by atoms with Crippen molar-refractivity contribution in [1.82, 2.24) is 0 Å². The Morgan fingerprint density at radius 2 is 1.82 bits per heavy atom. The maximum Gasteiger partial charge on any atom is 0.416 e. The number of alkyl halides is 3. The van der Waals surface area contributed by atoms with Crippen molar-refractivity contribution in [3.63, 3.8) is 0 Å². The number of ether oxygens (including phenoxy) is 2. The minimum Gasteiger partial charge on any atom is -0.493 e. The first-order chi connectivity index (χ1) is 15.5. The smallest absolute Gasteiger partial charge is 0.416 e. The van der Waals surface area contributed by atoms with Crippen LogP contribution in [0.1, 0.15) is 11.1 Å². The van der Waals surface area contributed by atoms with Crippen LogP contribution in [0.15, 0.2) is 53.0 Å². The molecule has 0 saturated carbocycles. The number of hydrogen-bond acceptors (Lipinski definition) is 5. The highest BCUT2D eigenvalue weighted by Gasteiger charge is 2.33. The summed E-state index contributed by atoms with van der Waals surface area (Å²) in [6, 6.07) is 10.3. The molecule has 0 aliphatic rings. The molecule has 0 unspecified atom stereocenters. The lowest BCUT2D eigenvalue weighted by molar-refractivity contribution is -0.385. The first-order valence-corrected chi connectivity index (χ1v) is 10.6. The predicted octanol–water partition coefficient (Wildman–Crippen LogP) is 8.10. The summed E-state index contributed by atoms with van der Waals surface area (Å²) >= 11 is 15.4. The van der Waals surface area contributed by atoms with Crippen LogP contribution in [0.2, 0.25) is 10.0 Å². The van der Waals surface area contributed by atoms with Gasteiger partial charge >= 0.3 is 11.9 Å². The Balaban J connectivity index is 1.89. The molecule has 0 heterocycles. The van der Waals surface area contributed by atoms with Gasteiger partial charge in [-0.2, -0.15) is 13.2 Å². The summed E-state index contributed by atoms with van der Waals surface area (Å²) in [4.78, 5) is 10.4. The number of hydrogen-bond donors (Lipinski definition) is 1. The maximum atomic E-state index is 12.9. The maximum absolute atomic E-state index is 12.9. The Hall–Kier alpha value is -2.69. The average Bonchev–Trinajstić information content (AvgIpc) is 2.73. The lowest BCUT2D eigenvalue weighted by Crippen LogP contribution is -2.06. The van der Waals surface area contributed by atoms with Crippen molar-refractivity contribution in [1.29, 1.82) is 0 Å². The zero-order valence-electron chi connectivity index (χ0n) is 16.7. The van der Waals surface area contributed by atoms with E-state index in [-0.39, 0.29) is 17.2 Å². The van der Waals surface area contributed by atoms with Gasteiger partial charge in [0.2, 0.25) is 5.75 Å². The van der Waals surface area contributed by atoms with Gasteiger partial charge in [-0.05, 0) is 64.0 Å². The molecule has 3 rings (SSSR count). The second kappa shape index (κ2) is 10.1. The molecule has 0 atom stereocenters. The van der Waals surface area contributed by atoms with E-state index in [4.69, 9.17) is 32.7 Å². The van der Waals surface area contributed by atoms with Crippen LogP contribution in [0.25, 0.3) is 0 Å². The number of rotatable bonds is 7. The summed E-state index contributed by atoms with van der Waals surface area (Å²) in [6.07, 6.45) is -4.73. The number of nitro benzene ring substituents is 1.